The van der Waals surface area contributed by atoms with Gasteiger partial charge in [-0.05, 0) is 48.9 Å². The van der Waals surface area contributed by atoms with Crippen molar-refractivity contribution in [1.29, 1.82) is 0 Å². The number of hydrogen-bond acceptors (Lipinski definition) is 3. The number of aryl methyl sites for hydroxylation is 1. The van der Waals surface area contributed by atoms with Gasteiger partial charge in [0.25, 0.3) is 0 Å². The molecule has 0 saturated carbocycles. The maximum Gasteiger partial charge on any atom is 0.163 e. The molecule has 5 aromatic rings. The van der Waals surface area contributed by atoms with Gasteiger partial charge in [0, 0.05) is 41.3 Å². The summed E-state index contributed by atoms with van der Waals surface area (Å²) in [5, 5.41) is 5.74. The van der Waals surface area contributed by atoms with Crippen molar-refractivity contribution in [1.82, 2.24) is 24.6 Å². The second-order valence-electron chi connectivity index (χ2n) is 6.23. The van der Waals surface area contributed by atoms with Crippen LogP contribution in [0.2, 0.25) is 0 Å². The van der Waals surface area contributed by atoms with Crippen LogP contribution in [0.25, 0.3) is 39.1 Å². The molecule has 0 fully saturated rings. The normalized spacial score (nSPS) is 11.5. The van der Waals surface area contributed by atoms with E-state index in [0.29, 0.717) is 0 Å². The number of hydrogen-bond donors (Lipinski definition) is 1. The topological polar surface area (TPSA) is 58.9 Å². The summed E-state index contributed by atoms with van der Waals surface area (Å²) in [4.78, 5) is 12.1. The van der Waals surface area contributed by atoms with Crippen LogP contribution >= 0.6 is 0 Å². The Morgan fingerprint density at radius 3 is 2.73 bits per heavy atom. The Morgan fingerprint density at radius 1 is 1.04 bits per heavy atom. The van der Waals surface area contributed by atoms with Gasteiger partial charge < -0.3 is 4.98 Å². The lowest BCUT2D eigenvalue weighted by Gasteiger charge is -2.05. The van der Waals surface area contributed by atoms with Crippen molar-refractivity contribution >= 4 is 16.7 Å². The van der Waals surface area contributed by atoms with Gasteiger partial charge in [0.1, 0.15) is 17.2 Å². The number of fused-ring (bicyclic) bond motifs is 2. The van der Waals surface area contributed by atoms with E-state index in [1.54, 1.807) is 22.8 Å². The Bertz CT molecular complexity index is 1250. The molecular formula is C20H14FN5. The molecule has 5 nitrogen and oxygen atoms in total. The van der Waals surface area contributed by atoms with Crippen molar-refractivity contribution in [2.24, 2.45) is 0 Å². The zero-order valence-corrected chi connectivity index (χ0v) is 13.9. The van der Waals surface area contributed by atoms with E-state index in [-0.39, 0.29) is 5.82 Å². The van der Waals surface area contributed by atoms with E-state index < -0.39 is 0 Å². The van der Waals surface area contributed by atoms with Crippen LogP contribution in [-0.2, 0) is 0 Å². The van der Waals surface area contributed by atoms with Crippen molar-refractivity contribution < 1.29 is 4.39 Å². The summed E-state index contributed by atoms with van der Waals surface area (Å²) >= 11 is 0. The molecule has 126 valence electrons. The molecule has 0 aliphatic carbocycles. The lowest BCUT2D eigenvalue weighted by Crippen LogP contribution is -1.91. The number of nitrogens with one attached hydrogen (secondary N) is 1. The van der Waals surface area contributed by atoms with Gasteiger partial charge in [-0.15, -0.1) is 0 Å². The molecule has 0 radical (unpaired) electrons. The number of pyridine rings is 1. The zero-order valence-electron chi connectivity index (χ0n) is 13.9. The van der Waals surface area contributed by atoms with Crippen molar-refractivity contribution in [3.63, 3.8) is 0 Å². The molecule has 1 aromatic carbocycles. The molecule has 0 atom stereocenters. The number of aromatic amines is 1. The second kappa shape index (κ2) is 5.49. The van der Waals surface area contributed by atoms with Crippen molar-refractivity contribution in [3.05, 3.63) is 72.6 Å². The molecule has 0 amide bonds. The van der Waals surface area contributed by atoms with E-state index in [1.807, 2.05) is 37.6 Å². The second-order valence-corrected chi connectivity index (χ2v) is 6.23. The minimum atomic E-state index is -0.273. The molecule has 0 unspecified atom stereocenters. The van der Waals surface area contributed by atoms with Gasteiger partial charge in [-0.25, -0.2) is 18.9 Å². The molecule has 1 N–H and O–H groups in total. The monoisotopic (exact) mass is 343 g/mol. The predicted octanol–water partition coefficient (Wildman–Crippen LogP) is 4.39. The van der Waals surface area contributed by atoms with E-state index in [9.17, 15) is 4.39 Å². The maximum atomic E-state index is 13.4. The van der Waals surface area contributed by atoms with Gasteiger partial charge >= 0.3 is 0 Å². The van der Waals surface area contributed by atoms with Gasteiger partial charge in [-0.2, -0.15) is 5.10 Å². The molecule has 0 bridgehead atoms. The summed E-state index contributed by atoms with van der Waals surface area (Å²) in [6, 6.07) is 10.3. The summed E-state index contributed by atoms with van der Waals surface area (Å²) in [5.41, 5.74) is 6.06. The summed E-state index contributed by atoms with van der Waals surface area (Å²) in [7, 11) is 0. The molecule has 5 rings (SSSR count). The lowest BCUT2D eigenvalue weighted by molar-refractivity contribution is 0.628. The average molecular weight is 343 g/mol. The SMILES string of the molecule is Cc1cnc2c(-c3ccnc4[nH]ccc34)c(-c3ccc(F)cc3)nn2c1. The molecule has 0 spiro atoms. The minimum Gasteiger partial charge on any atom is -0.346 e. The van der Waals surface area contributed by atoms with E-state index in [1.165, 1.54) is 12.1 Å². The molecule has 0 aliphatic rings. The highest BCUT2D eigenvalue weighted by molar-refractivity contribution is 6.01. The maximum absolute atomic E-state index is 13.4. The van der Waals surface area contributed by atoms with Gasteiger partial charge in [-0.1, -0.05) is 0 Å². The van der Waals surface area contributed by atoms with Crippen LogP contribution in [-0.4, -0.2) is 24.6 Å². The van der Waals surface area contributed by atoms with E-state index in [4.69, 9.17) is 5.10 Å². The van der Waals surface area contributed by atoms with Crippen molar-refractivity contribution in [2.75, 3.05) is 0 Å². The Hall–Kier alpha value is -3.54. The highest BCUT2D eigenvalue weighted by Crippen LogP contribution is 2.37. The van der Waals surface area contributed by atoms with Crippen molar-refractivity contribution in [3.8, 4) is 22.4 Å². The third-order valence-electron chi connectivity index (χ3n) is 4.45. The highest BCUT2D eigenvalue weighted by Gasteiger charge is 2.20. The number of rotatable bonds is 2. The van der Waals surface area contributed by atoms with Crippen LogP contribution in [0.3, 0.4) is 0 Å². The molecular weight excluding hydrogens is 329 g/mol. The largest absolute Gasteiger partial charge is 0.346 e. The number of halogens is 1. The summed E-state index contributed by atoms with van der Waals surface area (Å²) in [5.74, 6) is -0.273. The third-order valence-corrected chi connectivity index (χ3v) is 4.45. The quantitative estimate of drug-likeness (QED) is 0.517. The van der Waals surface area contributed by atoms with Crippen LogP contribution in [0, 0.1) is 12.7 Å². The van der Waals surface area contributed by atoms with Crippen LogP contribution in [0.1, 0.15) is 5.56 Å². The number of nitrogens with zero attached hydrogens (tertiary/aromatic N) is 4. The van der Waals surface area contributed by atoms with Crippen molar-refractivity contribution in [2.45, 2.75) is 6.92 Å². The predicted molar refractivity (Wildman–Crippen MR) is 98.2 cm³/mol. The van der Waals surface area contributed by atoms with Crippen LogP contribution in [0.4, 0.5) is 4.39 Å². The third kappa shape index (κ3) is 2.19. The molecule has 0 saturated heterocycles. The number of benzene rings is 1. The number of H-pyrrole nitrogens is 1. The molecule has 4 heterocycles. The summed E-state index contributed by atoms with van der Waals surface area (Å²) < 4.78 is 15.2. The highest BCUT2D eigenvalue weighted by atomic mass is 19.1. The first-order valence-corrected chi connectivity index (χ1v) is 8.24. The molecule has 4 aromatic heterocycles. The Labute approximate surface area is 148 Å². The van der Waals surface area contributed by atoms with Gasteiger partial charge in [-0.3, -0.25) is 0 Å². The standard InChI is InChI=1S/C20H14FN5/c1-12-10-24-20-17(15-6-8-22-19-16(15)7-9-23-19)18(25-26(20)11-12)13-2-4-14(21)5-3-13/h2-11H,1H3,(H,22,23). The first-order chi connectivity index (χ1) is 12.7. The minimum absolute atomic E-state index is 0.273. The van der Waals surface area contributed by atoms with E-state index in [2.05, 4.69) is 15.0 Å². The first kappa shape index (κ1) is 14.8. The molecule has 26 heavy (non-hydrogen) atoms. The fraction of sp³-hybridized carbons (Fsp3) is 0.0500. The van der Waals surface area contributed by atoms with E-state index in [0.717, 1.165) is 44.6 Å². The average Bonchev–Trinajstić information content (AvgIpc) is 3.26. The Balaban J connectivity index is 1.89. The molecule has 0 aliphatic heterocycles. The van der Waals surface area contributed by atoms with Gasteiger partial charge in [0.2, 0.25) is 0 Å². The summed E-state index contributed by atoms with van der Waals surface area (Å²) in [6.07, 6.45) is 7.39. The fourth-order valence-electron chi connectivity index (χ4n) is 3.27. The fourth-order valence-corrected chi connectivity index (χ4v) is 3.27. The van der Waals surface area contributed by atoms with E-state index >= 15 is 0 Å². The Kier molecular flexibility index (Phi) is 3.12. The summed E-state index contributed by atoms with van der Waals surface area (Å²) in [6.45, 7) is 1.97. The Morgan fingerprint density at radius 2 is 1.88 bits per heavy atom. The van der Waals surface area contributed by atoms with Crippen LogP contribution < -0.4 is 0 Å². The van der Waals surface area contributed by atoms with Crippen LogP contribution in [0.5, 0.6) is 0 Å². The van der Waals surface area contributed by atoms with Gasteiger partial charge in [0.05, 0.1) is 5.56 Å². The van der Waals surface area contributed by atoms with Gasteiger partial charge in [0.15, 0.2) is 5.65 Å². The number of aromatic nitrogens is 5. The zero-order chi connectivity index (χ0) is 17.7. The van der Waals surface area contributed by atoms with Crippen LogP contribution in [0.15, 0.2) is 61.2 Å². The lowest BCUT2D eigenvalue weighted by atomic mass is 10.00. The smallest absolute Gasteiger partial charge is 0.163 e. The first-order valence-electron chi connectivity index (χ1n) is 8.24. The molecule has 6 heteroatoms.